The summed E-state index contributed by atoms with van der Waals surface area (Å²) in [6.45, 7) is 0.279. The molecule has 2 aromatic rings. The molecule has 0 saturated heterocycles. The highest BCUT2D eigenvalue weighted by Gasteiger charge is 2.06. The minimum absolute atomic E-state index is 0.279. The summed E-state index contributed by atoms with van der Waals surface area (Å²) >= 11 is 5.73. The Labute approximate surface area is 90.5 Å². The van der Waals surface area contributed by atoms with Crippen LogP contribution in [0.2, 0.25) is 5.02 Å². The summed E-state index contributed by atoms with van der Waals surface area (Å²) < 4.78 is 14.5. The zero-order valence-corrected chi connectivity index (χ0v) is 8.45. The van der Waals surface area contributed by atoms with Gasteiger partial charge in [-0.15, -0.1) is 5.10 Å². The maximum absolute atomic E-state index is 13.1. The second-order valence-electron chi connectivity index (χ2n) is 2.97. The lowest BCUT2D eigenvalue weighted by atomic mass is 10.3. The highest BCUT2D eigenvalue weighted by molar-refractivity contribution is 6.30. The van der Waals surface area contributed by atoms with Crippen molar-refractivity contribution in [3.8, 4) is 5.69 Å². The van der Waals surface area contributed by atoms with E-state index in [1.165, 1.54) is 23.0 Å². The summed E-state index contributed by atoms with van der Waals surface area (Å²) in [6.07, 6.45) is 1.53. The molecule has 0 fully saturated rings. The van der Waals surface area contributed by atoms with E-state index in [9.17, 15) is 4.39 Å². The summed E-state index contributed by atoms with van der Waals surface area (Å²) in [5, 5.41) is 7.81. The van der Waals surface area contributed by atoms with Crippen LogP contribution in [0.15, 0.2) is 24.4 Å². The van der Waals surface area contributed by atoms with Crippen molar-refractivity contribution in [2.75, 3.05) is 0 Å². The zero-order valence-electron chi connectivity index (χ0n) is 7.69. The van der Waals surface area contributed by atoms with Gasteiger partial charge in [0.2, 0.25) is 0 Å². The molecule has 4 nitrogen and oxygen atoms in total. The number of nitrogens with two attached hydrogens (primary N) is 1. The lowest BCUT2D eigenvalue weighted by molar-refractivity contribution is 0.624. The van der Waals surface area contributed by atoms with Crippen LogP contribution in [0.3, 0.4) is 0 Å². The van der Waals surface area contributed by atoms with Crippen LogP contribution in [0.5, 0.6) is 0 Å². The fourth-order valence-electron chi connectivity index (χ4n) is 1.27. The number of rotatable bonds is 2. The van der Waals surface area contributed by atoms with Gasteiger partial charge >= 0.3 is 0 Å². The van der Waals surface area contributed by atoms with E-state index in [1.54, 1.807) is 6.07 Å². The maximum atomic E-state index is 13.1. The Morgan fingerprint density at radius 3 is 2.87 bits per heavy atom. The molecule has 0 saturated carbocycles. The Bertz CT molecular complexity index is 462. The number of hydrogen-bond acceptors (Lipinski definition) is 3. The summed E-state index contributed by atoms with van der Waals surface area (Å²) in [5.41, 5.74) is 6.68. The van der Waals surface area contributed by atoms with E-state index in [0.29, 0.717) is 16.4 Å². The molecule has 6 heteroatoms. The fraction of sp³-hybridized carbons (Fsp3) is 0.111. The van der Waals surface area contributed by atoms with Crippen LogP contribution in [0.1, 0.15) is 5.69 Å². The molecule has 0 bridgehead atoms. The molecule has 2 rings (SSSR count). The van der Waals surface area contributed by atoms with Gasteiger partial charge < -0.3 is 5.73 Å². The number of benzene rings is 1. The van der Waals surface area contributed by atoms with E-state index in [4.69, 9.17) is 17.3 Å². The van der Waals surface area contributed by atoms with Crippen molar-refractivity contribution in [3.05, 3.63) is 40.9 Å². The SMILES string of the molecule is NCc1cnnn1-c1cc(F)cc(Cl)c1. The van der Waals surface area contributed by atoms with Crippen LogP contribution in [-0.4, -0.2) is 15.0 Å². The molecule has 78 valence electrons. The standard InChI is InChI=1S/C9H8ClFN4/c10-6-1-7(11)3-8(2-6)15-9(4-12)5-13-14-15/h1-3,5H,4,12H2. The zero-order chi connectivity index (χ0) is 10.8. The number of halogens is 2. The molecule has 2 N–H and O–H groups in total. The molecule has 0 unspecified atom stereocenters. The van der Waals surface area contributed by atoms with Crippen LogP contribution in [0.25, 0.3) is 5.69 Å². The van der Waals surface area contributed by atoms with Crippen LogP contribution >= 0.6 is 11.6 Å². The third kappa shape index (κ3) is 1.98. The molecule has 1 heterocycles. The van der Waals surface area contributed by atoms with Gasteiger partial charge in [-0.05, 0) is 18.2 Å². The minimum Gasteiger partial charge on any atom is -0.325 e. The van der Waals surface area contributed by atoms with Crippen molar-refractivity contribution in [1.29, 1.82) is 0 Å². The highest BCUT2D eigenvalue weighted by Crippen LogP contribution is 2.17. The van der Waals surface area contributed by atoms with Crippen molar-refractivity contribution < 1.29 is 4.39 Å². The maximum Gasteiger partial charge on any atom is 0.126 e. The van der Waals surface area contributed by atoms with E-state index in [2.05, 4.69) is 10.3 Å². The number of aromatic nitrogens is 3. The monoisotopic (exact) mass is 226 g/mol. The third-order valence-electron chi connectivity index (χ3n) is 1.92. The average molecular weight is 227 g/mol. The lowest BCUT2D eigenvalue weighted by Crippen LogP contribution is -2.07. The van der Waals surface area contributed by atoms with E-state index in [-0.39, 0.29) is 6.54 Å². The van der Waals surface area contributed by atoms with Crippen LogP contribution in [0.4, 0.5) is 4.39 Å². The molecule has 15 heavy (non-hydrogen) atoms. The van der Waals surface area contributed by atoms with Crippen LogP contribution < -0.4 is 5.73 Å². The second kappa shape index (κ2) is 3.96. The predicted molar refractivity (Wildman–Crippen MR) is 54.2 cm³/mol. The Balaban J connectivity index is 2.53. The Morgan fingerprint density at radius 1 is 1.40 bits per heavy atom. The molecule has 0 amide bonds. The van der Waals surface area contributed by atoms with E-state index >= 15 is 0 Å². The van der Waals surface area contributed by atoms with Gasteiger partial charge in [0, 0.05) is 11.6 Å². The first-order chi connectivity index (χ1) is 7.20. The first kappa shape index (κ1) is 10.1. The largest absolute Gasteiger partial charge is 0.325 e. The molecular formula is C9H8ClFN4. The molecule has 0 atom stereocenters. The van der Waals surface area contributed by atoms with Crippen molar-refractivity contribution >= 4 is 11.6 Å². The summed E-state index contributed by atoms with van der Waals surface area (Å²) in [7, 11) is 0. The van der Waals surface area contributed by atoms with E-state index < -0.39 is 5.82 Å². The van der Waals surface area contributed by atoms with Gasteiger partial charge in [-0.2, -0.15) is 0 Å². The van der Waals surface area contributed by atoms with Crippen molar-refractivity contribution in [3.63, 3.8) is 0 Å². The molecule has 0 aliphatic rings. The Morgan fingerprint density at radius 2 is 2.20 bits per heavy atom. The summed E-state index contributed by atoms with van der Waals surface area (Å²) in [5.74, 6) is -0.420. The second-order valence-corrected chi connectivity index (χ2v) is 3.41. The third-order valence-corrected chi connectivity index (χ3v) is 2.14. The lowest BCUT2D eigenvalue weighted by Gasteiger charge is -2.04. The normalized spacial score (nSPS) is 10.6. The fourth-order valence-corrected chi connectivity index (χ4v) is 1.49. The number of hydrogen-bond donors (Lipinski definition) is 1. The van der Waals surface area contributed by atoms with Gasteiger partial charge in [0.1, 0.15) is 5.82 Å². The van der Waals surface area contributed by atoms with E-state index in [1.807, 2.05) is 0 Å². The van der Waals surface area contributed by atoms with Crippen molar-refractivity contribution in [2.24, 2.45) is 5.73 Å². The first-order valence-corrected chi connectivity index (χ1v) is 4.64. The van der Waals surface area contributed by atoms with E-state index in [0.717, 1.165) is 0 Å². The molecule has 1 aromatic heterocycles. The molecule has 0 aliphatic heterocycles. The Hall–Kier alpha value is -1.46. The minimum atomic E-state index is -0.420. The smallest absolute Gasteiger partial charge is 0.126 e. The molecular weight excluding hydrogens is 219 g/mol. The van der Waals surface area contributed by atoms with Crippen LogP contribution in [-0.2, 0) is 6.54 Å². The van der Waals surface area contributed by atoms with Crippen LogP contribution in [0, 0.1) is 5.82 Å². The molecule has 0 spiro atoms. The summed E-state index contributed by atoms with van der Waals surface area (Å²) in [4.78, 5) is 0. The summed E-state index contributed by atoms with van der Waals surface area (Å²) in [6, 6.07) is 4.14. The highest BCUT2D eigenvalue weighted by atomic mass is 35.5. The van der Waals surface area contributed by atoms with Gasteiger partial charge in [-0.25, -0.2) is 9.07 Å². The molecule has 0 radical (unpaired) electrons. The van der Waals surface area contributed by atoms with Gasteiger partial charge in [0.05, 0.1) is 17.6 Å². The van der Waals surface area contributed by atoms with Gasteiger partial charge in [0.25, 0.3) is 0 Å². The molecule has 1 aromatic carbocycles. The number of nitrogens with zero attached hydrogens (tertiary/aromatic N) is 3. The first-order valence-electron chi connectivity index (χ1n) is 4.27. The topological polar surface area (TPSA) is 56.7 Å². The van der Waals surface area contributed by atoms with Gasteiger partial charge in [-0.3, -0.25) is 0 Å². The van der Waals surface area contributed by atoms with Gasteiger partial charge in [-0.1, -0.05) is 16.8 Å². The average Bonchev–Trinajstić information content (AvgIpc) is 2.63. The predicted octanol–water partition coefficient (Wildman–Crippen LogP) is 1.52. The quantitative estimate of drug-likeness (QED) is 0.845. The Kier molecular flexibility index (Phi) is 2.66. The van der Waals surface area contributed by atoms with Gasteiger partial charge in [0.15, 0.2) is 0 Å². The van der Waals surface area contributed by atoms with Crippen molar-refractivity contribution in [1.82, 2.24) is 15.0 Å². The van der Waals surface area contributed by atoms with Crippen molar-refractivity contribution in [2.45, 2.75) is 6.54 Å². The molecule has 0 aliphatic carbocycles.